The van der Waals surface area contributed by atoms with Crippen LogP contribution in [0.4, 0.5) is 0 Å². The number of hydrazone groups is 1. The number of carbonyl (C=O) groups is 3. The van der Waals surface area contributed by atoms with Gasteiger partial charge in [-0.05, 0) is 25.5 Å². The predicted molar refractivity (Wildman–Crippen MR) is 107 cm³/mol. The zero-order valence-electron chi connectivity index (χ0n) is 16.5. The van der Waals surface area contributed by atoms with Crippen molar-refractivity contribution < 1.29 is 14.4 Å². The third kappa shape index (κ3) is 5.50. The van der Waals surface area contributed by atoms with Crippen molar-refractivity contribution in [3.05, 3.63) is 53.3 Å². The second-order valence-electron chi connectivity index (χ2n) is 6.86. The number of benzene rings is 1. The van der Waals surface area contributed by atoms with E-state index in [4.69, 9.17) is 0 Å². The van der Waals surface area contributed by atoms with Crippen LogP contribution in [0.15, 0.2) is 41.5 Å². The molecule has 0 spiro atoms. The van der Waals surface area contributed by atoms with Crippen LogP contribution in [-0.4, -0.2) is 44.8 Å². The van der Waals surface area contributed by atoms with Gasteiger partial charge >= 0.3 is 0 Å². The molecule has 3 amide bonds. The topological polar surface area (TPSA) is 109 Å². The van der Waals surface area contributed by atoms with E-state index in [1.165, 1.54) is 5.01 Å². The summed E-state index contributed by atoms with van der Waals surface area (Å²) < 4.78 is 1.55. The average Bonchev–Trinajstić information content (AvgIpc) is 3.32. The lowest BCUT2D eigenvalue weighted by Crippen LogP contribution is -2.43. The molecule has 0 saturated heterocycles. The fourth-order valence-electron chi connectivity index (χ4n) is 3.03. The van der Waals surface area contributed by atoms with Crippen LogP contribution >= 0.6 is 0 Å². The second kappa shape index (κ2) is 9.13. The largest absolute Gasteiger partial charge is 0.273 e. The maximum absolute atomic E-state index is 12.3. The van der Waals surface area contributed by atoms with Crippen molar-refractivity contribution in [2.24, 2.45) is 5.10 Å². The summed E-state index contributed by atoms with van der Waals surface area (Å²) in [6.45, 7) is 4.20. The summed E-state index contributed by atoms with van der Waals surface area (Å²) in [5.74, 6) is -1.06. The number of hydrogen-bond acceptors (Lipinski definition) is 5. The molecule has 0 unspecified atom stereocenters. The van der Waals surface area contributed by atoms with E-state index in [-0.39, 0.29) is 25.3 Å². The summed E-state index contributed by atoms with van der Waals surface area (Å²) in [4.78, 5) is 36.1. The predicted octanol–water partition coefficient (Wildman–Crippen LogP) is 1.06. The number of amides is 3. The monoisotopic (exact) mass is 396 g/mol. The fourth-order valence-corrected chi connectivity index (χ4v) is 3.03. The van der Waals surface area contributed by atoms with Gasteiger partial charge in [0.15, 0.2) is 0 Å². The molecule has 2 N–H and O–H groups in total. The van der Waals surface area contributed by atoms with E-state index in [1.54, 1.807) is 4.68 Å². The van der Waals surface area contributed by atoms with Gasteiger partial charge in [0.05, 0.1) is 18.0 Å². The van der Waals surface area contributed by atoms with Gasteiger partial charge in [0, 0.05) is 25.0 Å². The van der Waals surface area contributed by atoms with E-state index in [9.17, 15) is 14.4 Å². The summed E-state index contributed by atoms with van der Waals surface area (Å²) in [5.41, 5.74) is 8.19. The maximum Gasteiger partial charge on any atom is 0.260 e. The molecular weight excluding hydrogens is 372 g/mol. The molecule has 0 atom stereocenters. The Morgan fingerprint density at radius 3 is 2.45 bits per heavy atom. The summed E-state index contributed by atoms with van der Waals surface area (Å²) in [6, 6.07) is 11.5. The molecule has 9 nitrogen and oxygen atoms in total. The third-order valence-electron chi connectivity index (χ3n) is 4.50. The van der Waals surface area contributed by atoms with E-state index >= 15 is 0 Å². The Morgan fingerprint density at radius 2 is 1.76 bits per heavy atom. The van der Waals surface area contributed by atoms with Crippen LogP contribution in [0.5, 0.6) is 0 Å². The van der Waals surface area contributed by atoms with Crippen molar-refractivity contribution in [2.45, 2.75) is 39.7 Å². The van der Waals surface area contributed by atoms with Crippen LogP contribution < -0.4 is 10.9 Å². The number of nitrogens with one attached hydrogen (secondary N) is 2. The molecular formula is C20H24N6O3. The normalized spacial score (nSPS) is 13.2. The Balaban J connectivity index is 1.40. The van der Waals surface area contributed by atoms with Crippen LogP contribution in [0.2, 0.25) is 0 Å². The number of rotatable bonds is 6. The molecule has 0 bridgehead atoms. The highest BCUT2D eigenvalue weighted by molar-refractivity contribution is 6.02. The van der Waals surface area contributed by atoms with Crippen LogP contribution in [-0.2, 0) is 20.9 Å². The van der Waals surface area contributed by atoms with Crippen molar-refractivity contribution in [3.8, 4) is 0 Å². The molecule has 9 heteroatoms. The number of aryl methyl sites for hydroxylation is 2. The van der Waals surface area contributed by atoms with Gasteiger partial charge in [0.2, 0.25) is 11.8 Å². The lowest BCUT2D eigenvalue weighted by atomic mass is 10.1. The second-order valence-corrected chi connectivity index (χ2v) is 6.86. The lowest BCUT2D eigenvalue weighted by molar-refractivity contribution is -0.134. The Hall–Kier alpha value is -3.49. The van der Waals surface area contributed by atoms with Crippen LogP contribution in [0.25, 0.3) is 0 Å². The number of carbonyl (C=O) groups excluding carboxylic acids is 3. The van der Waals surface area contributed by atoms with E-state index in [2.05, 4.69) is 21.1 Å². The zero-order chi connectivity index (χ0) is 20.8. The standard InChI is InChI=1S/C20H24N6O3/c1-14-12-15(2)26(23-14)13-19(28)22-21-18(27)8-9-20(29)25-11-10-17(24-25)16-6-4-3-5-7-16/h3-7,12H,8-11,13H2,1-2H3,(H,21,27)(H,22,28). The Bertz CT molecular complexity index is 935. The molecule has 152 valence electrons. The minimum Gasteiger partial charge on any atom is -0.273 e. The SMILES string of the molecule is Cc1cc(C)n(CC(=O)NNC(=O)CCC(=O)N2CCC(c3ccccc3)=N2)n1. The minimum atomic E-state index is -0.438. The van der Waals surface area contributed by atoms with Crippen LogP contribution in [0.1, 0.15) is 36.2 Å². The zero-order valence-corrected chi connectivity index (χ0v) is 16.5. The smallest absolute Gasteiger partial charge is 0.260 e. The maximum atomic E-state index is 12.3. The third-order valence-corrected chi connectivity index (χ3v) is 4.50. The summed E-state index contributed by atoms with van der Waals surface area (Å²) in [5, 5.41) is 9.95. The fraction of sp³-hybridized carbons (Fsp3) is 0.350. The molecule has 2 aromatic rings. The van der Waals surface area contributed by atoms with Crippen molar-refractivity contribution in [1.29, 1.82) is 0 Å². The van der Waals surface area contributed by atoms with Gasteiger partial charge in [-0.15, -0.1) is 0 Å². The first-order valence-corrected chi connectivity index (χ1v) is 9.44. The number of hydrazine groups is 1. The Labute approximate surface area is 168 Å². The Morgan fingerprint density at radius 1 is 1.03 bits per heavy atom. The molecule has 0 fully saturated rings. The van der Waals surface area contributed by atoms with Crippen LogP contribution in [0, 0.1) is 13.8 Å². The minimum absolute atomic E-state index is 0.00361. The van der Waals surface area contributed by atoms with E-state index in [0.29, 0.717) is 13.0 Å². The highest BCUT2D eigenvalue weighted by Gasteiger charge is 2.22. The molecule has 1 aromatic carbocycles. The molecule has 0 saturated carbocycles. The molecule has 1 aliphatic rings. The molecule has 1 aromatic heterocycles. The molecule has 1 aliphatic heterocycles. The van der Waals surface area contributed by atoms with Crippen molar-refractivity contribution in [2.75, 3.05) is 6.54 Å². The lowest BCUT2D eigenvalue weighted by Gasteiger charge is -2.11. The number of aromatic nitrogens is 2. The first-order chi connectivity index (χ1) is 13.9. The van der Waals surface area contributed by atoms with E-state index in [1.807, 2.05) is 50.2 Å². The highest BCUT2D eigenvalue weighted by Crippen LogP contribution is 2.14. The average molecular weight is 396 g/mol. The van der Waals surface area contributed by atoms with Gasteiger partial charge in [-0.1, -0.05) is 30.3 Å². The molecule has 0 aliphatic carbocycles. The van der Waals surface area contributed by atoms with Gasteiger partial charge in [0.1, 0.15) is 6.54 Å². The summed E-state index contributed by atoms with van der Waals surface area (Å²) in [6.07, 6.45) is 0.667. The van der Waals surface area contributed by atoms with Gasteiger partial charge in [-0.3, -0.25) is 29.9 Å². The Kier molecular flexibility index (Phi) is 6.38. The molecule has 2 heterocycles. The van der Waals surface area contributed by atoms with Gasteiger partial charge < -0.3 is 0 Å². The van der Waals surface area contributed by atoms with Gasteiger partial charge in [0.25, 0.3) is 5.91 Å². The summed E-state index contributed by atoms with van der Waals surface area (Å²) >= 11 is 0. The van der Waals surface area contributed by atoms with Crippen molar-refractivity contribution in [1.82, 2.24) is 25.6 Å². The number of hydrogen-bond donors (Lipinski definition) is 2. The molecule has 3 rings (SSSR count). The van der Waals surface area contributed by atoms with Crippen LogP contribution in [0.3, 0.4) is 0 Å². The van der Waals surface area contributed by atoms with Gasteiger partial charge in [-0.25, -0.2) is 5.01 Å². The number of nitrogens with zero attached hydrogens (tertiary/aromatic N) is 4. The van der Waals surface area contributed by atoms with Crippen molar-refractivity contribution >= 4 is 23.4 Å². The van der Waals surface area contributed by atoms with Gasteiger partial charge in [-0.2, -0.15) is 10.2 Å². The van der Waals surface area contributed by atoms with E-state index in [0.717, 1.165) is 22.7 Å². The highest BCUT2D eigenvalue weighted by atomic mass is 16.2. The molecule has 29 heavy (non-hydrogen) atoms. The first kappa shape index (κ1) is 20.2. The van der Waals surface area contributed by atoms with E-state index < -0.39 is 11.8 Å². The first-order valence-electron chi connectivity index (χ1n) is 9.44. The quantitative estimate of drug-likeness (QED) is 0.712. The molecule has 0 radical (unpaired) electrons. The summed E-state index contributed by atoms with van der Waals surface area (Å²) in [7, 11) is 0. The van der Waals surface area contributed by atoms with Crippen molar-refractivity contribution in [3.63, 3.8) is 0 Å².